The fourth-order valence-electron chi connectivity index (χ4n) is 4.02. The fourth-order valence-corrected chi connectivity index (χ4v) is 8.17. The van der Waals surface area contributed by atoms with Crippen molar-refractivity contribution >= 4 is 32.6 Å². The van der Waals surface area contributed by atoms with Gasteiger partial charge in [0, 0.05) is 28.4 Å². The van der Waals surface area contributed by atoms with E-state index in [1.165, 1.54) is 5.56 Å². The van der Waals surface area contributed by atoms with Crippen molar-refractivity contribution in [3.63, 3.8) is 0 Å². The molecule has 0 saturated heterocycles. The lowest BCUT2D eigenvalue weighted by atomic mass is 9.87. The Morgan fingerprint density at radius 2 is 1.63 bits per heavy atom. The van der Waals surface area contributed by atoms with Gasteiger partial charge in [-0.25, -0.2) is 0 Å². The van der Waals surface area contributed by atoms with Crippen LogP contribution in [0, 0.1) is 0 Å². The summed E-state index contributed by atoms with van der Waals surface area (Å²) in [5.41, 5.74) is 3.33. The van der Waals surface area contributed by atoms with Gasteiger partial charge in [-0.3, -0.25) is 14.1 Å². The molecule has 0 aromatic heterocycles. The zero-order valence-electron chi connectivity index (χ0n) is 17.0. The van der Waals surface area contributed by atoms with Crippen LogP contribution >= 0.6 is 0 Å². The quantitative estimate of drug-likeness (QED) is 0.358. The van der Waals surface area contributed by atoms with Gasteiger partial charge in [0.05, 0.1) is 0 Å². The fraction of sp³-hybridized carbons (Fsp3) is 0.391. The van der Waals surface area contributed by atoms with Crippen molar-refractivity contribution in [1.82, 2.24) is 0 Å². The van der Waals surface area contributed by atoms with Crippen LogP contribution in [0.2, 0.25) is 0 Å². The molecule has 2 aromatic rings. The van der Waals surface area contributed by atoms with Crippen LogP contribution in [0.5, 0.6) is 0 Å². The molecule has 1 N–H and O–H groups in total. The summed E-state index contributed by atoms with van der Waals surface area (Å²) in [7, 11) is -5.51. The third kappa shape index (κ3) is 5.39. The SMILES string of the molecule is CCC([S+](CC(=O)c1ccccc1)CC(=O)c1cccc2c1CCCC2)S(=O)(=O)O. The molecule has 1 aliphatic carbocycles. The molecule has 0 aliphatic heterocycles. The number of hydrogen-bond donors (Lipinski definition) is 1. The Hall–Kier alpha value is -1.96. The number of carbonyl (C=O) groups is 2. The van der Waals surface area contributed by atoms with Crippen molar-refractivity contribution in [2.45, 2.75) is 43.6 Å². The number of hydrogen-bond acceptors (Lipinski definition) is 4. The third-order valence-corrected chi connectivity index (χ3v) is 10.3. The summed E-state index contributed by atoms with van der Waals surface area (Å²) in [6.45, 7) is 1.65. The molecule has 2 atom stereocenters. The second kappa shape index (κ2) is 9.90. The standard InChI is InChI=1S/C23H26O5S2/c1-2-23(30(26,27)28)29(15-21(24)18-10-4-3-5-11-18)16-22(25)20-14-8-12-17-9-6-7-13-19(17)20/h3-5,8,10-12,14,23H,2,6-7,9,13,15-16H2,1H3/p+1. The van der Waals surface area contributed by atoms with Crippen LogP contribution in [0.25, 0.3) is 0 Å². The smallest absolute Gasteiger partial charge is 0.289 e. The van der Waals surface area contributed by atoms with E-state index in [1.54, 1.807) is 43.3 Å². The Morgan fingerprint density at radius 1 is 0.967 bits per heavy atom. The minimum absolute atomic E-state index is 0.0622. The lowest BCUT2D eigenvalue weighted by molar-refractivity contribution is 0.101. The minimum atomic E-state index is -4.38. The predicted molar refractivity (Wildman–Crippen MR) is 121 cm³/mol. The van der Waals surface area contributed by atoms with Crippen molar-refractivity contribution in [3.05, 3.63) is 70.8 Å². The van der Waals surface area contributed by atoms with E-state index < -0.39 is 25.6 Å². The number of carbonyl (C=O) groups excluding carboxylic acids is 2. The van der Waals surface area contributed by atoms with Crippen LogP contribution in [-0.2, 0) is 33.9 Å². The van der Waals surface area contributed by atoms with Gasteiger partial charge in [-0.1, -0.05) is 55.5 Å². The van der Waals surface area contributed by atoms with Gasteiger partial charge in [-0.15, -0.1) is 0 Å². The van der Waals surface area contributed by atoms with Crippen LogP contribution in [-0.4, -0.2) is 40.6 Å². The number of Topliss-reactive ketones (excluding diaryl/α,β-unsaturated/α-hetero) is 2. The van der Waals surface area contributed by atoms with Crippen molar-refractivity contribution in [2.75, 3.05) is 11.5 Å². The molecule has 2 unspecified atom stereocenters. The van der Waals surface area contributed by atoms with E-state index in [1.807, 2.05) is 12.1 Å². The number of benzene rings is 2. The number of ketones is 2. The van der Waals surface area contributed by atoms with Gasteiger partial charge in [0.1, 0.15) is 0 Å². The highest BCUT2D eigenvalue weighted by Crippen LogP contribution is 2.26. The Labute approximate surface area is 181 Å². The van der Waals surface area contributed by atoms with Crippen LogP contribution in [0.1, 0.15) is 58.0 Å². The monoisotopic (exact) mass is 447 g/mol. The first-order valence-corrected chi connectivity index (χ1v) is 13.3. The maximum Gasteiger partial charge on any atom is 0.314 e. The van der Waals surface area contributed by atoms with Crippen LogP contribution in [0.3, 0.4) is 0 Å². The zero-order chi connectivity index (χ0) is 21.7. The summed E-state index contributed by atoms with van der Waals surface area (Å²) in [4.78, 5) is 26.0. The molecule has 2 aromatic carbocycles. The van der Waals surface area contributed by atoms with Crippen LogP contribution in [0.15, 0.2) is 48.5 Å². The number of fused-ring (bicyclic) bond motifs is 1. The van der Waals surface area contributed by atoms with Crippen LogP contribution in [0.4, 0.5) is 0 Å². The van der Waals surface area contributed by atoms with Gasteiger partial charge in [0.2, 0.25) is 16.1 Å². The molecule has 5 nitrogen and oxygen atoms in total. The van der Waals surface area contributed by atoms with E-state index in [4.69, 9.17) is 0 Å². The molecule has 7 heteroatoms. The lowest BCUT2D eigenvalue weighted by Gasteiger charge is -2.19. The largest absolute Gasteiger partial charge is 0.314 e. The van der Waals surface area contributed by atoms with Gasteiger partial charge in [0.25, 0.3) is 0 Å². The van der Waals surface area contributed by atoms with E-state index in [2.05, 4.69) is 0 Å². The van der Waals surface area contributed by atoms with Gasteiger partial charge < -0.3 is 0 Å². The average molecular weight is 448 g/mol. The third-order valence-electron chi connectivity index (χ3n) is 5.46. The second-order valence-corrected chi connectivity index (χ2v) is 11.7. The van der Waals surface area contributed by atoms with E-state index in [0.29, 0.717) is 11.1 Å². The summed E-state index contributed by atoms with van der Waals surface area (Å²) >= 11 is 0. The van der Waals surface area contributed by atoms with Gasteiger partial charge in [-0.05, 0) is 36.8 Å². The lowest BCUT2D eigenvalue weighted by Crippen LogP contribution is -2.38. The highest BCUT2D eigenvalue weighted by atomic mass is 32.3. The molecular weight excluding hydrogens is 420 g/mol. The molecule has 0 bridgehead atoms. The topological polar surface area (TPSA) is 88.5 Å². The highest BCUT2D eigenvalue weighted by molar-refractivity contribution is 8.10. The Kier molecular flexibility index (Phi) is 7.50. The first kappa shape index (κ1) is 22.7. The molecule has 0 radical (unpaired) electrons. The summed E-state index contributed by atoms with van der Waals surface area (Å²) in [5.74, 6) is -0.514. The van der Waals surface area contributed by atoms with Crippen molar-refractivity contribution in [3.8, 4) is 0 Å². The van der Waals surface area contributed by atoms with E-state index in [-0.39, 0.29) is 29.5 Å². The summed E-state index contributed by atoms with van der Waals surface area (Å²) in [6.07, 6.45) is 4.05. The van der Waals surface area contributed by atoms with Gasteiger partial charge >= 0.3 is 10.1 Å². The first-order chi connectivity index (χ1) is 14.3. The summed E-state index contributed by atoms with van der Waals surface area (Å²) in [6, 6.07) is 14.3. The molecule has 0 saturated carbocycles. The van der Waals surface area contributed by atoms with Crippen molar-refractivity contribution in [2.24, 2.45) is 0 Å². The van der Waals surface area contributed by atoms with Crippen LogP contribution < -0.4 is 0 Å². The van der Waals surface area contributed by atoms with E-state index in [9.17, 15) is 22.6 Å². The molecule has 160 valence electrons. The number of aryl methyl sites for hydroxylation is 1. The molecule has 0 heterocycles. The van der Waals surface area contributed by atoms with Crippen molar-refractivity contribution in [1.29, 1.82) is 0 Å². The minimum Gasteiger partial charge on any atom is -0.289 e. The molecule has 30 heavy (non-hydrogen) atoms. The molecule has 3 rings (SSSR count). The molecule has 1 aliphatic rings. The van der Waals surface area contributed by atoms with Gasteiger partial charge in [0.15, 0.2) is 11.5 Å². The predicted octanol–water partition coefficient (Wildman–Crippen LogP) is 3.87. The Morgan fingerprint density at radius 3 is 2.30 bits per heavy atom. The zero-order valence-corrected chi connectivity index (χ0v) is 18.7. The second-order valence-electron chi connectivity index (χ2n) is 7.54. The van der Waals surface area contributed by atoms with E-state index >= 15 is 0 Å². The normalized spacial score (nSPS) is 15.8. The number of rotatable bonds is 9. The summed E-state index contributed by atoms with van der Waals surface area (Å²) < 4.78 is 32.7. The molecular formula is C23H27O5S2+. The maximum absolute atomic E-state index is 13.2. The Bertz CT molecular complexity index is 1020. The first-order valence-electron chi connectivity index (χ1n) is 10.2. The highest BCUT2D eigenvalue weighted by Gasteiger charge is 2.42. The summed E-state index contributed by atoms with van der Waals surface area (Å²) in [5, 5.41) is 0. The molecule has 0 fully saturated rings. The average Bonchev–Trinajstić information content (AvgIpc) is 2.73. The molecule has 0 amide bonds. The molecule has 0 spiro atoms. The van der Waals surface area contributed by atoms with Gasteiger partial charge in [-0.2, -0.15) is 8.42 Å². The Balaban J connectivity index is 1.89. The maximum atomic E-state index is 13.2. The van der Waals surface area contributed by atoms with Crippen molar-refractivity contribution < 1.29 is 22.6 Å². The van der Waals surface area contributed by atoms with E-state index in [0.717, 1.165) is 31.2 Å².